The molecule has 2 aliphatic rings. The van der Waals surface area contributed by atoms with Crippen LogP contribution in [0, 0.1) is 0 Å². The number of aliphatic hydroxyl groups excluding tert-OH is 1. The second kappa shape index (κ2) is 10.5. The molecule has 152 valence electrons. The zero-order valence-electron chi connectivity index (χ0n) is 16.1. The van der Waals surface area contributed by atoms with E-state index in [0.717, 1.165) is 49.8 Å². The lowest BCUT2D eigenvalue weighted by molar-refractivity contribution is 0.0704. The summed E-state index contributed by atoms with van der Waals surface area (Å²) in [7, 11) is 1.63. The van der Waals surface area contributed by atoms with E-state index >= 15 is 0 Å². The Kier molecular flexibility index (Phi) is 8.06. The number of aliphatic hydroxyl groups is 1. The smallest absolute Gasteiger partial charge is 0.161 e. The van der Waals surface area contributed by atoms with Crippen LogP contribution in [0.4, 0.5) is 4.39 Å². The van der Waals surface area contributed by atoms with Crippen molar-refractivity contribution in [1.82, 2.24) is 9.80 Å². The lowest BCUT2D eigenvalue weighted by Crippen LogP contribution is -2.40. The summed E-state index contributed by atoms with van der Waals surface area (Å²) in [5, 5.41) is 10.3. The Morgan fingerprint density at radius 1 is 1.15 bits per heavy atom. The number of rotatable bonds is 8. The predicted molar refractivity (Wildman–Crippen MR) is 108 cm³/mol. The largest absolute Gasteiger partial charge is 0.493 e. The third kappa shape index (κ3) is 6.52. The summed E-state index contributed by atoms with van der Waals surface area (Å²) in [5.41, 5.74) is 1.13. The molecule has 2 heterocycles. The number of alkyl halides is 1. The molecule has 1 unspecified atom stereocenters. The highest BCUT2D eigenvalue weighted by Gasteiger charge is 2.19. The minimum Gasteiger partial charge on any atom is -0.493 e. The first kappa shape index (κ1) is 20.7. The van der Waals surface area contributed by atoms with Crippen LogP contribution in [0.3, 0.4) is 0 Å². The average molecular weight is 399 g/mol. The SMILES string of the molecule is COc1cc(CN2CCC(F)CC2)ccc1OCC(O)CN1CCSCC1. The standard InChI is InChI=1S/C20H31FN2O3S/c1-25-20-12-16(13-22-6-4-17(21)5-7-22)2-3-19(20)26-15-18(24)14-23-8-10-27-11-9-23/h2-3,12,17-18,24H,4-11,13-15H2,1H3. The summed E-state index contributed by atoms with van der Waals surface area (Å²) >= 11 is 1.96. The third-order valence-corrected chi connectivity index (χ3v) is 6.10. The molecule has 0 aromatic heterocycles. The number of methoxy groups -OCH3 is 1. The number of likely N-dealkylation sites (tertiary alicyclic amines) is 1. The molecule has 5 nitrogen and oxygen atoms in total. The molecule has 0 radical (unpaired) electrons. The Hall–Kier alpha value is -1.02. The number of halogens is 1. The fourth-order valence-electron chi connectivity index (χ4n) is 3.57. The van der Waals surface area contributed by atoms with Crippen molar-refractivity contribution in [3.05, 3.63) is 23.8 Å². The maximum atomic E-state index is 13.3. The van der Waals surface area contributed by atoms with E-state index in [1.807, 2.05) is 30.0 Å². The molecule has 3 rings (SSSR count). The normalized spacial score (nSPS) is 21.1. The van der Waals surface area contributed by atoms with E-state index in [9.17, 15) is 9.50 Å². The van der Waals surface area contributed by atoms with E-state index in [1.54, 1.807) is 7.11 Å². The summed E-state index contributed by atoms with van der Waals surface area (Å²) < 4.78 is 24.6. The van der Waals surface area contributed by atoms with Crippen molar-refractivity contribution in [2.24, 2.45) is 0 Å². The van der Waals surface area contributed by atoms with Crippen LogP contribution in [0.5, 0.6) is 11.5 Å². The van der Waals surface area contributed by atoms with Gasteiger partial charge in [-0.1, -0.05) is 6.07 Å². The summed E-state index contributed by atoms with van der Waals surface area (Å²) in [6.07, 6.45) is 0.0684. The molecule has 1 aromatic carbocycles. The monoisotopic (exact) mass is 398 g/mol. The molecular formula is C20H31FN2O3S. The van der Waals surface area contributed by atoms with Gasteiger partial charge in [-0.25, -0.2) is 4.39 Å². The van der Waals surface area contributed by atoms with E-state index in [0.29, 0.717) is 30.9 Å². The topological polar surface area (TPSA) is 45.2 Å². The van der Waals surface area contributed by atoms with Gasteiger partial charge >= 0.3 is 0 Å². The van der Waals surface area contributed by atoms with Gasteiger partial charge in [0.2, 0.25) is 0 Å². The zero-order valence-corrected chi connectivity index (χ0v) is 16.9. The van der Waals surface area contributed by atoms with Crippen LogP contribution >= 0.6 is 11.8 Å². The predicted octanol–water partition coefficient (Wildman–Crippen LogP) is 2.42. The summed E-state index contributed by atoms with van der Waals surface area (Å²) in [4.78, 5) is 4.55. The molecule has 0 amide bonds. The second-order valence-electron chi connectivity index (χ2n) is 7.31. The number of thioether (sulfide) groups is 1. The summed E-state index contributed by atoms with van der Waals surface area (Å²) in [6.45, 7) is 5.33. The van der Waals surface area contributed by atoms with Crippen LogP contribution in [0.25, 0.3) is 0 Å². The first-order chi connectivity index (χ1) is 13.1. The van der Waals surface area contributed by atoms with Gasteiger partial charge in [0.05, 0.1) is 7.11 Å². The fraction of sp³-hybridized carbons (Fsp3) is 0.700. The summed E-state index contributed by atoms with van der Waals surface area (Å²) in [5.74, 6) is 3.59. The highest BCUT2D eigenvalue weighted by molar-refractivity contribution is 7.99. The molecule has 2 aliphatic heterocycles. The molecule has 1 N–H and O–H groups in total. The molecule has 7 heteroatoms. The van der Waals surface area contributed by atoms with E-state index in [4.69, 9.17) is 9.47 Å². The molecule has 27 heavy (non-hydrogen) atoms. The van der Waals surface area contributed by atoms with Gasteiger partial charge in [0, 0.05) is 50.8 Å². The van der Waals surface area contributed by atoms with Gasteiger partial charge in [0.25, 0.3) is 0 Å². The van der Waals surface area contributed by atoms with Crippen LogP contribution < -0.4 is 9.47 Å². The van der Waals surface area contributed by atoms with E-state index in [1.165, 1.54) is 0 Å². The lowest BCUT2D eigenvalue weighted by Gasteiger charge is -2.29. The van der Waals surface area contributed by atoms with Crippen molar-refractivity contribution in [2.45, 2.75) is 31.7 Å². The molecular weight excluding hydrogens is 367 g/mol. The van der Waals surface area contributed by atoms with Crippen molar-refractivity contribution >= 4 is 11.8 Å². The van der Waals surface area contributed by atoms with Crippen LogP contribution in [0.1, 0.15) is 18.4 Å². The number of hydrogen-bond acceptors (Lipinski definition) is 6. The van der Waals surface area contributed by atoms with Gasteiger partial charge in [0.15, 0.2) is 11.5 Å². The first-order valence-electron chi connectivity index (χ1n) is 9.78. The number of nitrogens with zero attached hydrogens (tertiary/aromatic N) is 2. The Bertz CT molecular complexity index is 578. The van der Waals surface area contributed by atoms with Crippen LogP contribution in [0.2, 0.25) is 0 Å². The van der Waals surface area contributed by atoms with E-state index in [-0.39, 0.29) is 6.61 Å². The fourth-order valence-corrected chi connectivity index (χ4v) is 4.55. The molecule has 1 aromatic rings. The molecule has 0 saturated carbocycles. The average Bonchev–Trinajstić information content (AvgIpc) is 2.69. The number of β-amino-alcohol motifs (C(OH)–C–C–N with tert-alkyl or cyclic N) is 1. The van der Waals surface area contributed by atoms with Crippen LogP contribution in [0.15, 0.2) is 18.2 Å². The van der Waals surface area contributed by atoms with Crippen molar-refractivity contribution in [3.63, 3.8) is 0 Å². The highest BCUT2D eigenvalue weighted by Crippen LogP contribution is 2.29. The van der Waals surface area contributed by atoms with Crippen molar-refractivity contribution in [2.75, 3.05) is 57.9 Å². The molecule has 2 saturated heterocycles. The van der Waals surface area contributed by atoms with Gasteiger partial charge in [-0.2, -0.15) is 11.8 Å². The first-order valence-corrected chi connectivity index (χ1v) is 10.9. The van der Waals surface area contributed by atoms with Crippen molar-refractivity contribution < 1.29 is 19.0 Å². The molecule has 0 spiro atoms. The minimum absolute atomic E-state index is 0.253. The minimum atomic E-state index is -0.651. The maximum absolute atomic E-state index is 13.3. The van der Waals surface area contributed by atoms with Gasteiger partial charge < -0.3 is 14.6 Å². The van der Waals surface area contributed by atoms with E-state index < -0.39 is 12.3 Å². The number of benzene rings is 1. The van der Waals surface area contributed by atoms with Gasteiger partial charge in [0.1, 0.15) is 18.9 Å². The molecule has 1 atom stereocenters. The quantitative estimate of drug-likeness (QED) is 0.726. The Balaban J connectivity index is 1.49. The molecule has 0 bridgehead atoms. The third-order valence-electron chi connectivity index (χ3n) is 5.16. The summed E-state index contributed by atoms with van der Waals surface area (Å²) in [6, 6.07) is 5.90. The lowest BCUT2D eigenvalue weighted by atomic mass is 10.1. The number of hydrogen-bond donors (Lipinski definition) is 1. The van der Waals surface area contributed by atoms with Gasteiger partial charge in [-0.15, -0.1) is 0 Å². The van der Waals surface area contributed by atoms with Crippen molar-refractivity contribution in [1.29, 1.82) is 0 Å². The van der Waals surface area contributed by atoms with Gasteiger partial charge in [-0.05, 0) is 30.5 Å². The maximum Gasteiger partial charge on any atom is 0.161 e. The molecule has 0 aliphatic carbocycles. The van der Waals surface area contributed by atoms with Crippen molar-refractivity contribution in [3.8, 4) is 11.5 Å². The van der Waals surface area contributed by atoms with E-state index in [2.05, 4.69) is 9.80 Å². The highest BCUT2D eigenvalue weighted by atomic mass is 32.2. The number of piperidine rings is 1. The van der Waals surface area contributed by atoms with Gasteiger partial charge in [-0.3, -0.25) is 9.80 Å². The van der Waals surface area contributed by atoms with Crippen LogP contribution in [-0.2, 0) is 6.54 Å². The Labute approximate surface area is 165 Å². The van der Waals surface area contributed by atoms with Crippen LogP contribution in [-0.4, -0.2) is 85.1 Å². The zero-order chi connectivity index (χ0) is 19.1. The molecule has 2 fully saturated rings. The second-order valence-corrected chi connectivity index (χ2v) is 8.54. The Morgan fingerprint density at radius 2 is 1.89 bits per heavy atom. The number of ether oxygens (including phenoxy) is 2. The Morgan fingerprint density at radius 3 is 2.59 bits per heavy atom.